The van der Waals surface area contributed by atoms with E-state index in [0.717, 1.165) is 0 Å². The highest BCUT2D eigenvalue weighted by Crippen LogP contribution is 2.47. The van der Waals surface area contributed by atoms with Gasteiger partial charge in [0.1, 0.15) is 0 Å². The van der Waals surface area contributed by atoms with Gasteiger partial charge in [-0.2, -0.15) is 0 Å². The summed E-state index contributed by atoms with van der Waals surface area (Å²) >= 11 is 0. The van der Waals surface area contributed by atoms with Gasteiger partial charge in [-0.3, -0.25) is 0 Å². The van der Waals surface area contributed by atoms with Gasteiger partial charge in [0, 0.05) is 0 Å². The molecule has 0 aromatic heterocycles. The molecule has 0 atom stereocenters. The van der Waals surface area contributed by atoms with Crippen LogP contribution in [0.15, 0.2) is 72.8 Å². The van der Waals surface area contributed by atoms with Crippen LogP contribution in [0.4, 0.5) is 0 Å². The molecule has 116 valence electrons. The highest BCUT2D eigenvalue weighted by Gasteiger charge is 2.19. The maximum atomic E-state index is 2.27. The van der Waals surface area contributed by atoms with E-state index in [4.69, 9.17) is 0 Å². The van der Waals surface area contributed by atoms with Gasteiger partial charge < -0.3 is 0 Å². The van der Waals surface area contributed by atoms with Crippen LogP contribution in [0.2, 0.25) is 0 Å². The lowest BCUT2D eigenvalue weighted by Gasteiger charge is -2.20. The third-order valence-corrected chi connectivity index (χ3v) is 5.89. The molecule has 0 unspecified atom stereocenters. The molecule has 0 fully saturated rings. The topological polar surface area (TPSA) is 0 Å². The predicted octanol–water partition coefficient (Wildman–Crippen LogP) is 7.56. The minimum absolute atomic E-state index is 0. The molecule has 0 saturated heterocycles. The Bertz CT molecular complexity index is 1140. The lowest BCUT2D eigenvalue weighted by atomic mass is 9.83. The van der Waals surface area contributed by atoms with Crippen LogP contribution >= 0.6 is 0 Å². The predicted molar refractivity (Wildman–Crippen MR) is 112 cm³/mol. The zero-order valence-electron chi connectivity index (χ0n) is 12.9. The normalized spacial score (nSPS) is 12.5. The first-order chi connectivity index (χ1) is 11.9. The zero-order chi connectivity index (χ0) is 15.4. The van der Waals surface area contributed by atoms with Gasteiger partial charge in [-0.25, -0.2) is 0 Å². The van der Waals surface area contributed by atoms with Crippen molar-refractivity contribution in [1.82, 2.24) is 0 Å². The van der Waals surface area contributed by atoms with E-state index in [-0.39, 0.29) is 7.43 Å². The van der Waals surface area contributed by atoms with E-state index < -0.39 is 0 Å². The standard InChI is InChI=1S/C24H12.CH4/c1-2-14-5-6-16-9-11-18-12-10-17-8-7-15-4-3-13(1)19-20(14)22(16)24(18)23(17)21(15)19;/h1-12H;1H4. The Morgan fingerprint density at radius 3 is 0.480 bits per heavy atom. The van der Waals surface area contributed by atoms with E-state index in [2.05, 4.69) is 72.8 Å². The SMILES string of the molecule is C.c1cc2ccc3ccc4ccc5ccc6ccc1c1c2c3c4c5c61. The molecule has 0 aliphatic heterocycles. The molecule has 7 rings (SSSR count). The minimum Gasteiger partial charge on any atom is -0.0776 e. The summed E-state index contributed by atoms with van der Waals surface area (Å²) in [6, 6.07) is 27.3. The molecule has 25 heavy (non-hydrogen) atoms. The Morgan fingerprint density at radius 2 is 0.360 bits per heavy atom. The van der Waals surface area contributed by atoms with Crippen LogP contribution in [0.3, 0.4) is 0 Å². The summed E-state index contributed by atoms with van der Waals surface area (Å²) in [7, 11) is 0. The van der Waals surface area contributed by atoms with Gasteiger partial charge in [-0.05, 0) is 64.6 Å². The molecule has 0 aliphatic rings. The van der Waals surface area contributed by atoms with E-state index in [1.54, 1.807) is 0 Å². The molecule has 7 aromatic carbocycles. The average molecular weight is 316 g/mol. The Labute approximate surface area is 145 Å². The molecule has 0 radical (unpaired) electrons. The average Bonchev–Trinajstić information content (AvgIpc) is 2.65. The first kappa shape index (κ1) is 13.2. The second kappa shape index (κ2) is 4.10. The number of hydrogen-bond donors (Lipinski definition) is 0. The fraction of sp³-hybridized carbons (Fsp3) is 0.0400. The Hall–Kier alpha value is -3.12. The molecule has 0 heterocycles. The fourth-order valence-corrected chi connectivity index (χ4v) is 4.89. The largest absolute Gasteiger partial charge is 0.0776 e. The molecule has 7 aromatic rings. The van der Waals surface area contributed by atoms with Crippen LogP contribution < -0.4 is 0 Å². The van der Waals surface area contributed by atoms with E-state index in [9.17, 15) is 0 Å². The third kappa shape index (κ3) is 1.33. The molecule has 0 amide bonds. The summed E-state index contributed by atoms with van der Waals surface area (Å²) in [5.41, 5.74) is 0. The van der Waals surface area contributed by atoms with Crippen LogP contribution in [0, 0.1) is 0 Å². The van der Waals surface area contributed by atoms with E-state index in [0.29, 0.717) is 0 Å². The molecule has 0 nitrogen and oxygen atoms in total. The van der Waals surface area contributed by atoms with Gasteiger partial charge in [-0.1, -0.05) is 80.2 Å². The first-order valence-corrected chi connectivity index (χ1v) is 8.46. The second-order valence-electron chi connectivity index (χ2n) is 6.98. The smallest absolute Gasteiger partial charge is 0.00139 e. The van der Waals surface area contributed by atoms with Crippen molar-refractivity contribution in [2.24, 2.45) is 0 Å². The van der Waals surface area contributed by atoms with Crippen LogP contribution in [-0.2, 0) is 0 Å². The highest BCUT2D eigenvalue weighted by molar-refractivity contribution is 6.44. The molecular formula is C25H16. The van der Waals surface area contributed by atoms with Gasteiger partial charge in [0.05, 0.1) is 0 Å². The maximum absolute atomic E-state index is 2.27. The van der Waals surface area contributed by atoms with Crippen molar-refractivity contribution in [2.45, 2.75) is 7.43 Å². The first-order valence-electron chi connectivity index (χ1n) is 8.46. The summed E-state index contributed by atoms with van der Waals surface area (Å²) in [4.78, 5) is 0. The van der Waals surface area contributed by atoms with Gasteiger partial charge in [0.15, 0.2) is 0 Å². The van der Waals surface area contributed by atoms with E-state index in [1.165, 1.54) is 64.6 Å². The van der Waals surface area contributed by atoms with Crippen molar-refractivity contribution in [1.29, 1.82) is 0 Å². The van der Waals surface area contributed by atoms with E-state index >= 15 is 0 Å². The second-order valence-corrected chi connectivity index (χ2v) is 6.98. The molecule has 0 spiro atoms. The molecule has 0 heteroatoms. The Morgan fingerprint density at radius 1 is 0.240 bits per heavy atom. The quantitative estimate of drug-likeness (QED) is 0.200. The number of rotatable bonds is 0. The van der Waals surface area contributed by atoms with Crippen LogP contribution in [-0.4, -0.2) is 0 Å². The summed E-state index contributed by atoms with van der Waals surface area (Å²) in [6.45, 7) is 0. The van der Waals surface area contributed by atoms with Gasteiger partial charge in [-0.15, -0.1) is 0 Å². The van der Waals surface area contributed by atoms with Crippen LogP contribution in [0.1, 0.15) is 7.43 Å². The molecule has 0 bridgehead atoms. The van der Waals surface area contributed by atoms with Gasteiger partial charge in [0.25, 0.3) is 0 Å². The Balaban J connectivity index is 0.00000129. The highest BCUT2D eigenvalue weighted by atomic mass is 14.2. The molecular weight excluding hydrogens is 300 g/mol. The molecule has 0 saturated carbocycles. The van der Waals surface area contributed by atoms with Crippen molar-refractivity contribution < 1.29 is 0 Å². The van der Waals surface area contributed by atoms with Crippen LogP contribution in [0.25, 0.3) is 64.6 Å². The van der Waals surface area contributed by atoms with E-state index in [1.807, 2.05) is 0 Å². The van der Waals surface area contributed by atoms with Crippen molar-refractivity contribution in [3.8, 4) is 0 Å². The van der Waals surface area contributed by atoms with Crippen molar-refractivity contribution in [3.63, 3.8) is 0 Å². The number of hydrogen-bond acceptors (Lipinski definition) is 0. The zero-order valence-corrected chi connectivity index (χ0v) is 12.9. The maximum Gasteiger partial charge on any atom is -0.00139 e. The third-order valence-electron chi connectivity index (χ3n) is 5.89. The summed E-state index contributed by atoms with van der Waals surface area (Å²) in [6.07, 6.45) is 0. The van der Waals surface area contributed by atoms with Crippen molar-refractivity contribution >= 4 is 64.6 Å². The van der Waals surface area contributed by atoms with Crippen molar-refractivity contribution in [2.75, 3.05) is 0 Å². The Kier molecular flexibility index (Phi) is 2.16. The van der Waals surface area contributed by atoms with Gasteiger partial charge >= 0.3 is 0 Å². The fourth-order valence-electron chi connectivity index (χ4n) is 4.89. The van der Waals surface area contributed by atoms with Crippen molar-refractivity contribution in [3.05, 3.63) is 72.8 Å². The summed E-state index contributed by atoms with van der Waals surface area (Å²) in [5, 5.41) is 16.7. The van der Waals surface area contributed by atoms with Gasteiger partial charge in [0.2, 0.25) is 0 Å². The lowest BCUT2D eigenvalue weighted by molar-refractivity contribution is 1.80. The monoisotopic (exact) mass is 316 g/mol. The minimum atomic E-state index is 0. The molecule has 0 N–H and O–H groups in total. The summed E-state index contributed by atoms with van der Waals surface area (Å²) in [5.74, 6) is 0. The lowest BCUT2D eigenvalue weighted by Crippen LogP contribution is -1.91. The summed E-state index contributed by atoms with van der Waals surface area (Å²) < 4.78 is 0. The number of benzene rings is 7. The van der Waals surface area contributed by atoms with Crippen LogP contribution in [0.5, 0.6) is 0 Å². The molecule has 0 aliphatic carbocycles.